The van der Waals surface area contributed by atoms with E-state index in [1.165, 1.54) is 0 Å². The van der Waals surface area contributed by atoms with Gasteiger partial charge < -0.3 is 9.47 Å². The molecule has 0 aromatic carbocycles. The van der Waals surface area contributed by atoms with Crippen LogP contribution in [0.3, 0.4) is 0 Å². The first-order valence-corrected chi connectivity index (χ1v) is 3.04. The molecule has 0 saturated heterocycles. The molecule has 0 aliphatic rings. The molecule has 0 unspecified atom stereocenters. The van der Waals surface area contributed by atoms with Gasteiger partial charge in [-0.25, -0.2) is 0 Å². The largest absolute Gasteiger partial charge is 0.353 e. The lowest BCUT2D eigenvalue weighted by molar-refractivity contribution is -0.123. The summed E-state index contributed by atoms with van der Waals surface area (Å²) in [5, 5.41) is 0. The van der Waals surface area contributed by atoms with E-state index in [2.05, 4.69) is 0 Å². The second-order valence-electron chi connectivity index (χ2n) is 1.48. The Hall–Kier alpha value is -0.150. The zero-order valence-electron chi connectivity index (χ0n) is 6.22. The second kappa shape index (κ2) is 7.85. The van der Waals surface area contributed by atoms with Crippen molar-refractivity contribution in [3.8, 4) is 0 Å². The molecule has 58 valence electrons. The standard InChI is InChI=1S/C6H14O2.FH/c1-4-7-6(3)8-5-2;/h6H,4-5H2,1-3H3;1H. The highest BCUT2D eigenvalue weighted by molar-refractivity contribution is 4.26. The molecule has 0 aliphatic heterocycles. The van der Waals surface area contributed by atoms with Gasteiger partial charge in [0.25, 0.3) is 0 Å². The Bertz CT molecular complexity index is 44.3. The lowest BCUT2D eigenvalue weighted by Gasteiger charge is -2.09. The van der Waals surface area contributed by atoms with Crippen molar-refractivity contribution in [3.63, 3.8) is 0 Å². The first-order chi connectivity index (χ1) is 3.81. The van der Waals surface area contributed by atoms with Crippen molar-refractivity contribution < 1.29 is 14.2 Å². The maximum Gasteiger partial charge on any atom is 0.154 e. The van der Waals surface area contributed by atoms with E-state index in [1.807, 2.05) is 20.8 Å². The van der Waals surface area contributed by atoms with Gasteiger partial charge in [0.1, 0.15) is 0 Å². The summed E-state index contributed by atoms with van der Waals surface area (Å²) in [4.78, 5) is 0. The van der Waals surface area contributed by atoms with Crippen LogP contribution in [0.1, 0.15) is 20.8 Å². The SMILES string of the molecule is CCOC(C)OCC.F. The molecule has 0 saturated carbocycles. The first kappa shape index (κ1) is 11.6. The molecule has 0 spiro atoms. The van der Waals surface area contributed by atoms with E-state index in [-0.39, 0.29) is 11.0 Å². The van der Waals surface area contributed by atoms with Crippen molar-refractivity contribution in [2.75, 3.05) is 13.2 Å². The molecule has 0 fully saturated rings. The van der Waals surface area contributed by atoms with Crippen LogP contribution in [0.25, 0.3) is 0 Å². The molecule has 0 atom stereocenters. The molecule has 0 N–H and O–H groups in total. The Morgan fingerprint density at radius 1 is 1.11 bits per heavy atom. The van der Waals surface area contributed by atoms with Crippen LogP contribution in [0.5, 0.6) is 0 Å². The van der Waals surface area contributed by atoms with Gasteiger partial charge >= 0.3 is 0 Å². The van der Waals surface area contributed by atoms with E-state index in [0.29, 0.717) is 0 Å². The monoisotopic (exact) mass is 138 g/mol. The maximum atomic E-state index is 5.06. The predicted molar refractivity (Wildman–Crippen MR) is 35.2 cm³/mol. The number of halogens is 1. The van der Waals surface area contributed by atoms with Crippen LogP contribution < -0.4 is 0 Å². The van der Waals surface area contributed by atoms with Crippen molar-refractivity contribution in [2.45, 2.75) is 27.1 Å². The summed E-state index contributed by atoms with van der Waals surface area (Å²) in [6.07, 6.45) is -0.0370. The highest BCUT2D eigenvalue weighted by atomic mass is 19.0. The second-order valence-corrected chi connectivity index (χ2v) is 1.48. The van der Waals surface area contributed by atoms with E-state index in [4.69, 9.17) is 9.47 Å². The fourth-order valence-electron chi connectivity index (χ4n) is 0.518. The zero-order chi connectivity index (χ0) is 6.41. The minimum atomic E-state index is -0.0370. The van der Waals surface area contributed by atoms with Gasteiger partial charge in [-0.05, 0) is 20.8 Å². The normalized spacial score (nSPS) is 9.33. The van der Waals surface area contributed by atoms with Crippen LogP contribution in [0.15, 0.2) is 0 Å². The van der Waals surface area contributed by atoms with Gasteiger partial charge in [0, 0.05) is 13.2 Å². The lowest BCUT2D eigenvalue weighted by atomic mass is 10.7. The van der Waals surface area contributed by atoms with Gasteiger partial charge in [0.2, 0.25) is 0 Å². The smallest absolute Gasteiger partial charge is 0.154 e. The minimum absolute atomic E-state index is 0. The van der Waals surface area contributed by atoms with Crippen molar-refractivity contribution in [3.05, 3.63) is 0 Å². The van der Waals surface area contributed by atoms with E-state index < -0.39 is 0 Å². The van der Waals surface area contributed by atoms with Crippen LogP contribution in [0.4, 0.5) is 4.70 Å². The molecule has 0 aliphatic carbocycles. The summed E-state index contributed by atoms with van der Waals surface area (Å²) < 4.78 is 10.1. The zero-order valence-corrected chi connectivity index (χ0v) is 6.22. The average Bonchev–Trinajstić information content (AvgIpc) is 1.68. The molecule has 0 amide bonds. The lowest BCUT2D eigenvalue weighted by Crippen LogP contribution is -2.11. The van der Waals surface area contributed by atoms with Gasteiger partial charge in [-0.1, -0.05) is 0 Å². The topological polar surface area (TPSA) is 18.5 Å². The van der Waals surface area contributed by atoms with E-state index in [1.54, 1.807) is 0 Å². The van der Waals surface area contributed by atoms with Crippen LogP contribution >= 0.6 is 0 Å². The molecule has 0 bridgehead atoms. The van der Waals surface area contributed by atoms with Crippen LogP contribution in [0, 0.1) is 0 Å². The quantitative estimate of drug-likeness (QED) is 0.549. The summed E-state index contributed by atoms with van der Waals surface area (Å²) in [6, 6.07) is 0. The van der Waals surface area contributed by atoms with Gasteiger partial charge in [-0.3, -0.25) is 4.70 Å². The molecular formula is C6H15FO2. The third-order valence-electron chi connectivity index (χ3n) is 0.803. The Morgan fingerprint density at radius 2 is 1.44 bits per heavy atom. The van der Waals surface area contributed by atoms with Gasteiger partial charge in [-0.15, -0.1) is 0 Å². The minimum Gasteiger partial charge on any atom is -0.353 e. The third kappa shape index (κ3) is 7.85. The Kier molecular flexibility index (Phi) is 10.1. The van der Waals surface area contributed by atoms with Gasteiger partial charge in [0.15, 0.2) is 6.29 Å². The number of hydrogen-bond donors (Lipinski definition) is 0. The van der Waals surface area contributed by atoms with Crippen molar-refractivity contribution in [2.24, 2.45) is 0 Å². The van der Waals surface area contributed by atoms with Crippen LogP contribution in [-0.2, 0) is 9.47 Å². The predicted octanol–water partition coefficient (Wildman–Crippen LogP) is 1.56. The highest BCUT2D eigenvalue weighted by Gasteiger charge is 1.94. The van der Waals surface area contributed by atoms with Gasteiger partial charge in [-0.2, -0.15) is 0 Å². The van der Waals surface area contributed by atoms with E-state index >= 15 is 0 Å². The van der Waals surface area contributed by atoms with E-state index in [0.717, 1.165) is 13.2 Å². The van der Waals surface area contributed by atoms with Crippen LogP contribution in [-0.4, -0.2) is 19.5 Å². The van der Waals surface area contributed by atoms with Crippen molar-refractivity contribution in [1.29, 1.82) is 0 Å². The average molecular weight is 138 g/mol. The highest BCUT2D eigenvalue weighted by Crippen LogP contribution is 1.90. The summed E-state index contributed by atoms with van der Waals surface area (Å²) in [5.74, 6) is 0. The number of ether oxygens (including phenoxy) is 2. The molecule has 0 aromatic rings. The molecular weight excluding hydrogens is 123 g/mol. The number of hydrogen-bond acceptors (Lipinski definition) is 2. The molecule has 0 heterocycles. The third-order valence-corrected chi connectivity index (χ3v) is 0.803. The molecule has 9 heavy (non-hydrogen) atoms. The molecule has 3 heteroatoms. The van der Waals surface area contributed by atoms with Gasteiger partial charge in [0.05, 0.1) is 0 Å². The van der Waals surface area contributed by atoms with Crippen LogP contribution in [0.2, 0.25) is 0 Å². The Morgan fingerprint density at radius 3 is 1.67 bits per heavy atom. The summed E-state index contributed by atoms with van der Waals surface area (Å²) >= 11 is 0. The molecule has 0 rings (SSSR count). The summed E-state index contributed by atoms with van der Waals surface area (Å²) in [6.45, 7) is 7.25. The fraction of sp³-hybridized carbons (Fsp3) is 1.00. The Balaban J connectivity index is 0. The maximum absolute atomic E-state index is 5.06. The summed E-state index contributed by atoms with van der Waals surface area (Å²) in [5.41, 5.74) is 0. The molecule has 0 radical (unpaired) electrons. The number of rotatable bonds is 4. The Labute approximate surface area is 55.5 Å². The van der Waals surface area contributed by atoms with Crippen molar-refractivity contribution >= 4 is 0 Å². The first-order valence-electron chi connectivity index (χ1n) is 3.04. The summed E-state index contributed by atoms with van der Waals surface area (Å²) in [7, 11) is 0. The van der Waals surface area contributed by atoms with E-state index in [9.17, 15) is 0 Å². The molecule has 2 nitrogen and oxygen atoms in total. The fourth-order valence-corrected chi connectivity index (χ4v) is 0.518. The molecule has 0 aromatic heterocycles. The van der Waals surface area contributed by atoms with Crippen molar-refractivity contribution in [1.82, 2.24) is 0 Å².